The molecule has 1 aliphatic carbocycles. The molecule has 0 bridgehead atoms. The first-order valence-electron chi connectivity index (χ1n) is 11.5. The van der Waals surface area contributed by atoms with Crippen LogP contribution < -0.4 is 10.6 Å². The van der Waals surface area contributed by atoms with Crippen LogP contribution in [0, 0.1) is 0 Å². The monoisotopic (exact) mass is 466 g/mol. The molecule has 1 saturated heterocycles. The molecule has 2 aliphatic rings. The molecule has 34 heavy (non-hydrogen) atoms. The van der Waals surface area contributed by atoms with E-state index in [1.54, 1.807) is 13.8 Å². The van der Waals surface area contributed by atoms with E-state index in [-0.39, 0.29) is 32.0 Å². The zero-order valence-electron chi connectivity index (χ0n) is 19.4. The molecule has 0 radical (unpaired) electrons. The van der Waals surface area contributed by atoms with Crippen LogP contribution in [-0.4, -0.2) is 54.0 Å². The molecule has 2 aromatic carbocycles. The number of ether oxygens (including phenoxy) is 2. The molecule has 8 heteroatoms. The predicted octanol–water partition coefficient (Wildman–Crippen LogP) is 3.44. The standard InChI is InChI=1S/C26H30N2O6/c1-25(2,12-11-22(29)27-26(23(30)31)13-14-33-16-26)28-24(32)34-15-21-19-9-5-3-7-17(19)18-8-4-6-10-20(18)21/h3-10,21H,11-16H2,1-2H3,(H,27,29)(H,28,32)(H,30,31). The topological polar surface area (TPSA) is 114 Å². The van der Waals surface area contributed by atoms with Gasteiger partial charge in [0.25, 0.3) is 0 Å². The molecule has 1 fully saturated rings. The van der Waals surface area contributed by atoms with E-state index in [2.05, 4.69) is 34.9 Å². The molecule has 1 aliphatic heterocycles. The van der Waals surface area contributed by atoms with Crippen molar-refractivity contribution in [3.05, 3.63) is 59.7 Å². The third-order valence-corrected chi connectivity index (χ3v) is 6.57. The Balaban J connectivity index is 1.30. The Labute approximate surface area is 198 Å². The average Bonchev–Trinajstić information content (AvgIpc) is 3.40. The zero-order chi connectivity index (χ0) is 24.3. The highest BCUT2D eigenvalue weighted by atomic mass is 16.5. The number of alkyl carbamates (subject to hydrolysis) is 1. The second kappa shape index (κ2) is 9.46. The molecule has 1 heterocycles. The first kappa shape index (κ1) is 23.8. The molecule has 0 saturated carbocycles. The lowest BCUT2D eigenvalue weighted by atomic mass is 9.96. The van der Waals surface area contributed by atoms with Crippen molar-refractivity contribution in [2.75, 3.05) is 19.8 Å². The van der Waals surface area contributed by atoms with E-state index >= 15 is 0 Å². The minimum Gasteiger partial charge on any atom is -0.479 e. The van der Waals surface area contributed by atoms with Crippen molar-refractivity contribution in [1.82, 2.24) is 10.6 Å². The average molecular weight is 467 g/mol. The van der Waals surface area contributed by atoms with E-state index in [0.29, 0.717) is 13.0 Å². The van der Waals surface area contributed by atoms with Crippen LogP contribution in [0.4, 0.5) is 4.79 Å². The molecule has 2 amide bonds. The smallest absolute Gasteiger partial charge is 0.407 e. The van der Waals surface area contributed by atoms with E-state index in [0.717, 1.165) is 22.3 Å². The van der Waals surface area contributed by atoms with E-state index < -0.39 is 29.0 Å². The minimum absolute atomic E-state index is 0.0344. The van der Waals surface area contributed by atoms with Crippen molar-refractivity contribution < 1.29 is 29.0 Å². The number of carboxylic acids is 1. The number of rotatable bonds is 8. The predicted molar refractivity (Wildman–Crippen MR) is 125 cm³/mol. The maximum atomic E-state index is 12.6. The lowest BCUT2D eigenvalue weighted by molar-refractivity contribution is -0.147. The van der Waals surface area contributed by atoms with E-state index in [1.807, 2.05) is 24.3 Å². The summed E-state index contributed by atoms with van der Waals surface area (Å²) in [4.78, 5) is 36.5. The van der Waals surface area contributed by atoms with Gasteiger partial charge in [-0.2, -0.15) is 0 Å². The van der Waals surface area contributed by atoms with Crippen LogP contribution in [0.2, 0.25) is 0 Å². The number of carbonyl (C=O) groups is 3. The van der Waals surface area contributed by atoms with Gasteiger partial charge in [-0.3, -0.25) is 4.79 Å². The van der Waals surface area contributed by atoms with Crippen molar-refractivity contribution in [3.63, 3.8) is 0 Å². The fourth-order valence-electron chi connectivity index (χ4n) is 4.61. The van der Waals surface area contributed by atoms with Crippen molar-refractivity contribution in [3.8, 4) is 11.1 Å². The summed E-state index contributed by atoms with van der Waals surface area (Å²) in [5.41, 5.74) is 2.49. The molecule has 4 rings (SSSR count). The van der Waals surface area contributed by atoms with Crippen molar-refractivity contribution in [2.24, 2.45) is 0 Å². The van der Waals surface area contributed by atoms with Crippen LogP contribution in [0.1, 0.15) is 50.2 Å². The Morgan fingerprint density at radius 3 is 2.26 bits per heavy atom. The molecule has 0 aromatic heterocycles. The molecule has 180 valence electrons. The van der Waals surface area contributed by atoms with Crippen LogP contribution >= 0.6 is 0 Å². The van der Waals surface area contributed by atoms with Crippen LogP contribution in [0.15, 0.2) is 48.5 Å². The van der Waals surface area contributed by atoms with Gasteiger partial charge in [-0.1, -0.05) is 48.5 Å². The highest BCUT2D eigenvalue weighted by Gasteiger charge is 2.44. The normalized spacial score (nSPS) is 19.2. The van der Waals surface area contributed by atoms with Crippen LogP contribution in [0.25, 0.3) is 11.1 Å². The summed E-state index contributed by atoms with van der Waals surface area (Å²) in [6.07, 6.45) is 0.0549. The Bertz CT molecular complexity index is 1040. The molecule has 3 N–H and O–H groups in total. The number of carboxylic acid groups (broad SMARTS) is 1. The fourth-order valence-corrected chi connectivity index (χ4v) is 4.61. The SMILES string of the molecule is CC(C)(CCC(=O)NC1(C(=O)O)CCOC1)NC(=O)OCC1c2ccccc2-c2ccccc21. The summed E-state index contributed by atoms with van der Waals surface area (Å²) in [7, 11) is 0. The molecular formula is C26H30N2O6. The number of amides is 2. The van der Waals surface area contributed by atoms with Crippen LogP contribution in [0.3, 0.4) is 0 Å². The number of carbonyl (C=O) groups excluding carboxylic acids is 2. The van der Waals surface area contributed by atoms with Gasteiger partial charge in [0.1, 0.15) is 6.61 Å². The number of hydrogen-bond acceptors (Lipinski definition) is 5. The minimum atomic E-state index is -1.37. The maximum Gasteiger partial charge on any atom is 0.407 e. The second-order valence-corrected chi connectivity index (χ2v) is 9.57. The van der Waals surface area contributed by atoms with Gasteiger partial charge in [-0.25, -0.2) is 9.59 Å². The molecule has 0 spiro atoms. The Morgan fingerprint density at radius 1 is 1.09 bits per heavy atom. The zero-order valence-corrected chi connectivity index (χ0v) is 19.4. The van der Waals surface area contributed by atoms with E-state index in [1.165, 1.54) is 0 Å². The number of fused-ring (bicyclic) bond motifs is 3. The van der Waals surface area contributed by atoms with Gasteiger partial charge in [0, 0.05) is 30.9 Å². The van der Waals surface area contributed by atoms with Gasteiger partial charge in [-0.05, 0) is 42.5 Å². The van der Waals surface area contributed by atoms with Crippen LogP contribution in [-0.2, 0) is 19.1 Å². The molecule has 8 nitrogen and oxygen atoms in total. The number of aliphatic carboxylic acids is 1. The highest BCUT2D eigenvalue weighted by Crippen LogP contribution is 2.44. The summed E-state index contributed by atoms with van der Waals surface area (Å²) in [5.74, 6) is -1.53. The van der Waals surface area contributed by atoms with Crippen molar-refractivity contribution >= 4 is 18.0 Å². The first-order chi connectivity index (χ1) is 16.2. The Hall–Kier alpha value is -3.39. The van der Waals surface area contributed by atoms with Crippen molar-refractivity contribution in [2.45, 2.75) is 50.1 Å². The lowest BCUT2D eigenvalue weighted by Gasteiger charge is -2.28. The summed E-state index contributed by atoms with van der Waals surface area (Å²) >= 11 is 0. The third-order valence-electron chi connectivity index (χ3n) is 6.57. The molecule has 1 unspecified atom stereocenters. The Morgan fingerprint density at radius 2 is 1.71 bits per heavy atom. The van der Waals surface area contributed by atoms with Gasteiger partial charge in [0.15, 0.2) is 5.54 Å². The number of nitrogens with one attached hydrogen (secondary N) is 2. The maximum absolute atomic E-state index is 12.6. The molecular weight excluding hydrogens is 436 g/mol. The van der Waals surface area contributed by atoms with Gasteiger partial charge in [-0.15, -0.1) is 0 Å². The van der Waals surface area contributed by atoms with Gasteiger partial charge >= 0.3 is 12.1 Å². The van der Waals surface area contributed by atoms with E-state index in [4.69, 9.17) is 9.47 Å². The first-order valence-corrected chi connectivity index (χ1v) is 11.5. The van der Waals surface area contributed by atoms with Gasteiger partial charge in [0.05, 0.1) is 6.61 Å². The summed E-state index contributed by atoms with van der Waals surface area (Å²) in [6.45, 7) is 4.05. The quantitative estimate of drug-likeness (QED) is 0.549. The summed E-state index contributed by atoms with van der Waals surface area (Å²) in [5, 5.41) is 14.9. The number of benzene rings is 2. The number of hydrogen-bond donors (Lipinski definition) is 3. The molecule has 2 aromatic rings. The van der Waals surface area contributed by atoms with E-state index in [9.17, 15) is 19.5 Å². The summed E-state index contributed by atoms with van der Waals surface area (Å²) in [6, 6.07) is 16.2. The van der Waals surface area contributed by atoms with Crippen LogP contribution in [0.5, 0.6) is 0 Å². The van der Waals surface area contributed by atoms with Crippen molar-refractivity contribution in [1.29, 1.82) is 0 Å². The lowest BCUT2D eigenvalue weighted by Crippen LogP contribution is -2.55. The Kier molecular flexibility index (Phi) is 6.61. The van der Waals surface area contributed by atoms with Gasteiger partial charge in [0.2, 0.25) is 5.91 Å². The second-order valence-electron chi connectivity index (χ2n) is 9.57. The summed E-state index contributed by atoms with van der Waals surface area (Å²) < 4.78 is 10.8. The molecule has 1 atom stereocenters. The van der Waals surface area contributed by atoms with Gasteiger partial charge < -0.3 is 25.2 Å². The highest BCUT2D eigenvalue weighted by molar-refractivity contribution is 5.87. The third kappa shape index (κ3) is 4.92. The fraction of sp³-hybridized carbons (Fsp3) is 0.423. The largest absolute Gasteiger partial charge is 0.479 e.